The number of carbonyl (C=O) groups excluding carboxylic acids is 2. The lowest BCUT2D eigenvalue weighted by atomic mass is 10.2. The van der Waals surface area contributed by atoms with Crippen molar-refractivity contribution in [2.24, 2.45) is 0 Å². The van der Waals surface area contributed by atoms with Gasteiger partial charge in [-0.3, -0.25) is 25.0 Å². The van der Waals surface area contributed by atoms with Gasteiger partial charge in [0, 0.05) is 29.4 Å². The van der Waals surface area contributed by atoms with Gasteiger partial charge in [-0.15, -0.1) is 0 Å². The molecule has 0 saturated heterocycles. The molecule has 0 spiro atoms. The molecule has 0 atom stereocenters. The minimum Gasteiger partial charge on any atom is -0.332 e. The normalized spacial score (nSPS) is 9.93. The topological polar surface area (TPSA) is 125 Å². The number of carbonyl (C=O) groups is 2. The first-order valence-electron chi connectivity index (χ1n) is 8.46. The van der Waals surface area contributed by atoms with Crippen molar-refractivity contribution in [3.63, 3.8) is 0 Å². The number of hydrogen-bond acceptors (Lipinski definition) is 6. The van der Waals surface area contributed by atoms with Gasteiger partial charge >= 0.3 is 0 Å². The maximum atomic E-state index is 12.3. The highest BCUT2D eigenvalue weighted by molar-refractivity contribution is 7.80. The minimum absolute atomic E-state index is 0.00374. The third kappa shape index (κ3) is 6.72. The largest absolute Gasteiger partial charge is 0.332 e. The lowest BCUT2D eigenvalue weighted by Crippen LogP contribution is -2.34. The van der Waals surface area contributed by atoms with E-state index < -0.39 is 10.8 Å². The summed E-state index contributed by atoms with van der Waals surface area (Å²) in [4.78, 5) is 33.8. The number of nitrogens with one attached hydrogen (secondary N) is 4. The Labute approximate surface area is 187 Å². The second-order valence-corrected chi connectivity index (χ2v) is 6.99. The highest BCUT2D eigenvalue weighted by Crippen LogP contribution is 2.25. The molecule has 12 heteroatoms. The molecule has 2 rings (SSSR count). The highest BCUT2D eigenvalue weighted by atomic mass is 35.5. The van der Waals surface area contributed by atoms with Gasteiger partial charge in [0.05, 0.1) is 4.92 Å². The van der Waals surface area contributed by atoms with Gasteiger partial charge in [-0.2, -0.15) is 0 Å². The van der Waals surface area contributed by atoms with Crippen molar-refractivity contribution in [1.29, 1.82) is 0 Å². The Morgan fingerprint density at radius 1 is 1.00 bits per heavy atom. The van der Waals surface area contributed by atoms with E-state index in [1.165, 1.54) is 12.1 Å². The summed E-state index contributed by atoms with van der Waals surface area (Å²) in [5.74, 6) is -0.819. The molecule has 30 heavy (non-hydrogen) atoms. The molecular weight excluding hydrogens is 450 g/mol. The van der Waals surface area contributed by atoms with E-state index in [1.54, 1.807) is 31.2 Å². The second-order valence-electron chi connectivity index (χ2n) is 5.76. The third-order valence-electron chi connectivity index (χ3n) is 3.61. The molecule has 4 N–H and O–H groups in total. The zero-order chi connectivity index (χ0) is 22.3. The van der Waals surface area contributed by atoms with Gasteiger partial charge in [-0.05, 0) is 60.8 Å². The van der Waals surface area contributed by atoms with E-state index in [-0.39, 0.29) is 32.4 Å². The molecule has 156 valence electrons. The number of nitro benzene ring substituents is 1. The number of amides is 2. The molecule has 2 amide bonds. The molecule has 0 aliphatic heterocycles. The smallest absolute Gasteiger partial charge is 0.288 e. The number of hydrogen-bond donors (Lipinski definition) is 4. The molecule has 0 saturated carbocycles. The van der Waals surface area contributed by atoms with Crippen LogP contribution in [0.15, 0.2) is 42.5 Å². The van der Waals surface area contributed by atoms with Gasteiger partial charge < -0.3 is 16.0 Å². The molecule has 0 heterocycles. The van der Waals surface area contributed by atoms with Crippen LogP contribution in [0.2, 0.25) is 5.02 Å². The van der Waals surface area contributed by atoms with Gasteiger partial charge in [-0.25, -0.2) is 0 Å². The zero-order valence-electron chi connectivity index (χ0n) is 15.5. The maximum Gasteiger partial charge on any atom is 0.288 e. The summed E-state index contributed by atoms with van der Waals surface area (Å²) >= 11 is 15.9. The Hall–Kier alpha value is -3.15. The summed E-state index contributed by atoms with van der Waals surface area (Å²) in [6, 6.07) is 10.4. The summed E-state index contributed by atoms with van der Waals surface area (Å²) in [5, 5.41) is 21.7. The van der Waals surface area contributed by atoms with Crippen LogP contribution in [0.25, 0.3) is 0 Å². The van der Waals surface area contributed by atoms with Crippen molar-refractivity contribution in [3.8, 4) is 0 Å². The van der Waals surface area contributed by atoms with Crippen molar-refractivity contribution in [1.82, 2.24) is 10.6 Å². The van der Waals surface area contributed by atoms with Gasteiger partial charge in [0.15, 0.2) is 10.2 Å². The van der Waals surface area contributed by atoms with E-state index in [2.05, 4.69) is 21.3 Å². The van der Waals surface area contributed by atoms with Crippen LogP contribution in [0.5, 0.6) is 0 Å². The van der Waals surface area contributed by atoms with Crippen LogP contribution in [0, 0.1) is 10.1 Å². The van der Waals surface area contributed by atoms with E-state index >= 15 is 0 Å². The van der Waals surface area contributed by atoms with Crippen molar-refractivity contribution in [2.75, 3.05) is 10.6 Å². The Morgan fingerprint density at radius 3 is 2.03 bits per heavy atom. The molecular formula is C18H16ClN5O4S2. The first-order chi connectivity index (χ1) is 14.2. The predicted octanol–water partition coefficient (Wildman–Crippen LogP) is 3.60. The van der Waals surface area contributed by atoms with Crippen molar-refractivity contribution >= 4 is 75.1 Å². The van der Waals surface area contributed by atoms with Gasteiger partial charge in [0.25, 0.3) is 11.6 Å². The molecule has 0 fully saturated rings. The van der Waals surface area contributed by atoms with Gasteiger partial charge in [-0.1, -0.05) is 18.5 Å². The predicted molar refractivity (Wildman–Crippen MR) is 123 cm³/mol. The van der Waals surface area contributed by atoms with E-state index in [9.17, 15) is 19.7 Å². The van der Waals surface area contributed by atoms with Crippen LogP contribution in [0.1, 0.15) is 23.7 Å². The number of thiocarbonyl (C=S) groups is 2. The molecule has 0 radical (unpaired) electrons. The first kappa shape index (κ1) is 23.1. The van der Waals surface area contributed by atoms with Crippen molar-refractivity contribution < 1.29 is 14.5 Å². The first-order valence-corrected chi connectivity index (χ1v) is 9.66. The SMILES string of the molecule is CCC(=O)NC(=S)Nc1ccc(NC(=S)NC(=O)c2ccc(Cl)c([N+](=O)[O-])c2)cc1. The number of anilines is 2. The van der Waals surface area contributed by atoms with Crippen molar-refractivity contribution in [2.45, 2.75) is 13.3 Å². The third-order valence-corrected chi connectivity index (χ3v) is 4.33. The Bertz CT molecular complexity index is 1010. The Kier molecular flexibility index (Phi) is 8.16. The van der Waals surface area contributed by atoms with Gasteiger partial charge in [0.2, 0.25) is 5.91 Å². The second kappa shape index (κ2) is 10.6. The summed E-state index contributed by atoms with van der Waals surface area (Å²) in [7, 11) is 0. The fourth-order valence-corrected chi connectivity index (χ4v) is 2.77. The molecule has 9 nitrogen and oxygen atoms in total. The quantitative estimate of drug-likeness (QED) is 0.300. The van der Waals surface area contributed by atoms with Crippen LogP contribution in [-0.2, 0) is 4.79 Å². The molecule has 0 aliphatic rings. The zero-order valence-corrected chi connectivity index (χ0v) is 17.9. The summed E-state index contributed by atoms with van der Waals surface area (Å²) in [5.41, 5.74) is 0.888. The van der Waals surface area contributed by atoms with E-state index in [4.69, 9.17) is 36.0 Å². The maximum absolute atomic E-state index is 12.3. The summed E-state index contributed by atoms with van der Waals surface area (Å²) in [6.45, 7) is 1.72. The fraction of sp³-hybridized carbons (Fsp3) is 0.111. The van der Waals surface area contributed by atoms with Gasteiger partial charge in [0.1, 0.15) is 5.02 Å². The molecule has 0 aromatic heterocycles. The molecule has 0 aliphatic carbocycles. The summed E-state index contributed by atoms with van der Waals surface area (Å²) < 4.78 is 0. The summed E-state index contributed by atoms with van der Waals surface area (Å²) in [6.07, 6.45) is 0.317. The number of nitro groups is 1. The lowest BCUT2D eigenvalue weighted by Gasteiger charge is -2.12. The fourth-order valence-electron chi connectivity index (χ4n) is 2.15. The van der Waals surface area contributed by atoms with Crippen molar-refractivity contribution in [3.05, 3.63) is 63.2 Å². The monoisotopic (exact) mass is 465 g/mol. The molecule has 0 unspecified atom stereocenters. The highest BCUT2D eigenvalue weighted by Gasteiger charge is 2.17. The number of halogens is 1. The standard InChI is InChI=1S/C18H16ClN5O4S2/c1-2-15(25)22-17(29)20-11-4-6-12(7-5-11)21-18(30)23-16(26)10-3-8-13(19)14(9-10)24(27)28/h3-9H,2H2,1H3,(H2,20,22,25,29)(H2,21,23,26,30). The average Bonchev–Trinajstić information content (AvgIpc) is 2.69. The number of rotatable bonds is 5. The van der Waals surface area contributed by atoms with Crippen LogP contribution in [0.4, 0.5) is 17.1 Å². The Morgan fingerprint density at radius 2 is 1.53 bits per heavy atom. The van der Waals surface area contributed by atoms with Crippen LogP contribution in [0.3, 0.4) is 0 Å². The van der Waals surface area contributed by atoms with E-state index in [0.29, 0.717) is 17.8 Å². The van der Waals surface area contributed by atoms with Crippen LogP contribution in [-0.4, -0.2) is 27.0 Å². The van der Waals surface area contributed by atoms with E-state index in [1.807, 2.05) is 0 Å². The molecule has 0 bridgehead atoms. The number of nitrogens with zero attached hydrogens (tertiary/aromatic N) is 1. The van der Waals surface area contributed by atoms with Crippen LogP contribution >= 0.6 is 36.0 Å². The molecule has 2 aromatic rings. The average molecular weight is 466 g/mol. The Balaban J connectivity index is 1.94. The molecule has 2 aromatic carbocycles. The number of benzene rings is 2. The minimum atomic E-state index is -0.676. The lowest BCUT2D eigenvalue weighted by molar-refractivity contribution is -0.384. The van der Waals surface area contributed by atoms with Crippen LogP contribution < -0.4 is 21.3 Å². The van der Waals surface area contributed by atoms with E-state index in [0.717, 1.165) is 6.07 Å².